The van der Waals surface area contributed by atoms with E-state index in [1.54, 1.807) is 0 Å². The molecule has 0 fully saturated rings. The van der Waals surface area contributed by atoms with Crippen LogP contribution in [0.15, 0.2) is 47.1 Å². The van der Waals surface area contributed by atoms with Crippen LogP contribution in [0.5, 0.6) is 0 Å². The van der Waals surface area contributed by atoms with Crippen LogP contribution in [0.4, 0.5) is 41.2 Å². The molecule has 2 amide bonds. The van der Waals surface area contributed by atoms with E-state index in [0.717, 1.165) is 22.9 Å². The zero-order valence-electron chi connectivity index (χ0n) is 27.0. The van der Waals surface area contributed by atoms with Gasteiger partial charge in [-0.3, -0.25) is 4.79 Å². The van der Waals surface area contributed by atoms with Crippen molar-refractivity contribution in [1.29, 1.82) is 5.26 Å². The van der Waals surface area contributed by atoms with Crippen molar-refractivity contribution in [2.24, 2.45) is 0 Å². The van der Waals surface area contributed by atoms with Gasteiger partial charge in [-0.05, 0) is 58.9 Å². The number of amides is 2. The summed E-state index contributed by atoms with van der Waals surface area (Å²) in [6.07, 6.45) is -6.08. The number of benzene rings is 2. The van der Waals surface area contributed by atoms with Crippen LogP contribution in [0.2, 0.25) is 0 Å². The maximum absolute atomic E-state index is 15.9. The SMILES string of the molecule is CC(C)(C)OC(=O)N[C@H]1CC(F)(F)c2cc(F)c(-c3nnc(C(C)(C)C#N)o3)cc2N(Cc2ccc(-n3cc(C(F)(F)F)cn3)cc2F)C1=O. The second-order valence-electron chi connectivity index (χ2n) is 13.0. The van der Waals surface area contributed by atoms with Crippen LogP contribution in [-0.2, 0) is 33.6 Å². The summed E-state index contributed by atoms with van der Waals surface area (Å²) in [6.45, 7) is 6.62. The highest BCUT2D eigenvalue weighted by atomic mass is 19.4. The third kappa shape index (κ3) is 7.26. The van der Waals surface area contributed by atoms with E-state index in [4.69, 9.17) is 9.15 Å². The molecule has 1 aliphatic rings. The summed E-state index contributed by atoms with van der Waals surface area (Å²) >= 11 is 0. The van der Waals surface area contributed by atoms with E-state index in [-0.39, 0.29) is 17.1 Å². The number of anilines is 1. The number of carbonyl (C=O) groups excluding carboxylic acids is 2. The van der Waals surface area contributed by atoms with Crippen LogP contribution < -0.4 is 10.2 Å². The van der Waals surface area contributed by atoms with E-state index in [9.17, 15) is 28.0 Å². The monoisotopic (exact) mass is 707 g/mol. The highest BCUT2D eigenvalue weighted by Gasteiger charge is 2.47. The van der Waals surface area contributed by atoms with Gasteiger partial charge in [-0.1, -0.05) is 6.07 Å². The molecule has 0 aliphatic carbocycles. The molecule has 5 rings (SSSR count). The Balaban J connectivity index is 1.61. The predicted molar refractivity (Wildman–Crippen MR) is 160 cm³/mol. The number of aromatic nitrogens is 4. The van der Waals surface area contributed by atoms with Gasteiger partial charge in [0.25, 0.3) is 11.8 Å². The number of carbonyl (C=O) groups is 2. The Hall–Kier alpha value is -5.47. The first-order valence-corrected chi connectivity index (χ1v) is 14.8. The third-order valence-corrected chi connectivity index (χ3v) is 7.49. The van der Waals surface area contributed by atoms with Crippen LogP contribution in [0.25, 0.3) is 17.1 Å². The number of alkyl carbamates (subject to hydrolysis) is 1. The van der Waals surface area contributed by atoms with E-state index in [2.05, 4.69) is 20.6 Å². The van der Waals surface area contributed by atoms with E-state index in [1.165, 1.54) is 40.7 Å². The number of hydrogen-bond acceptors (Lipinski definition) is 8. The van der Waals surface area contributed by atoms with E-state index in [1.807, 2.05) is 6.07 Å². The predicted octanol–water partition coefficient (Wildman–Crippen LogP) is 6.94. The second kappa shape index (κ2) is 12.4. The van der Waals surface area contributed by atoms with Crippen molar-refractivity contribution in [1.82, 2.24) is 25.3 Å². The Morgan fingerprint density at radius 2 is 1.80 bits per heavy atom. The molecule has 0 bridgehead atoms. The number of alkyl halides is 5. The molecule has 0 saturated carbocycles. The van der Waals surface area contributed by atoms with Crippen molar-refractivity contribution in [2.75, 3.05) is 4.90 Å². The zero-order chi connectivity index (χ0) is 37.0. The molecule has 0 spiro atoms. The summed E-state index contributed by atoms with van der Waals surface area (Å²) < 4.78 is 114. The van der Waals surface area contributed by atoms with Gasteiger partial charge in [-0.25, -0.2) is 27.0 Å². The first-order chi connectivity index (χ1) is 23.1. The molecule has 2 aromatic heterocycles. The Labute approximate surface area is 279 Å². The van der Waals surface area contributed by atoms with E-state index >= 15 is 17.6 Å². The largest absolute Gasteiger partial charge is 0.444 e. The topological polar surface area (TPSA) is 139 Å². The molecule has 1 atom stereocenters. The lowest BCUT2D eigenvalue weighted by Crippen LogP contribution is -2.49. The smallest absolute Gasteiger partial charge is 0.419 e. The highest BCUT2D eigenvalue weighted by Crippen LogP contribution is 2.45. The molecule has 0 saturated heterocycles. The first kappa shape index (κ1) is 35.8. The van der Waals surface area contributed by atoms with Gasteiger partial charge >= 0.3 is 12.3 Å². The fourth-order valence-electron chi connectivity index (χ4n) is 4.95. The number of ether oxygens (including phenoxy) is 1. The van der Waals surface area contributed by atoms with E-state index < -0.39 is 94.0 Å². The Bertz CT molecular complexity index is 2010. The lowest BCUT2D eigenvalue weighted by Gasteiger charge is -2.27. The summed E-state index contributed by atoms with van der Waals surface area (Å²) in [5.74, 6) is -8.16. The van der Waals surface area contributed by atoms with Gasteiger partial charge in [0.15, 0.2) is 0 Å². The quantitative estimate of drug-likeness (QED) is 0.213. The molecule has 18 heteroatoms. The van der Waals surface area contributed by atoms with Gasteiger partial charge in [-0.15, -0.1) is 10.2 Å². The summed E-state index contributed by atoms with van der Waals surface area (Å²) in [4.78, 5) is 27.3. The van der Waals surface area contributed by atoms with Crippen molar-refractivity contribution >= 4 is 17.7 Å². The first-order valence-electron chi connectivity index (χ1n) is 14.8. The third-order valence-electron chi connectivity index (χ3n) is 7.49. The van der Waals surface area contributed by atoms with Crippen molar-refractivity contribution < 1.29 is 49.5 Å². The average molecular weight is 708 g/mol. The van der Waals surface area contributed by atoms with Crippen molar-refractivity contribution in [3.63, 3.8) is 0 Å². The Morgan fingerprint density at radius 3 is 2.40 bits per heavy atom. The second-order valence-corrected chi connectivity index (χ2v) is 13.0. The van der Waals surface area contributed by atoms with Gasteiger partial charge in [0.1, 0.15) is 28.7 Å². The number of fused-ring (bicyclic) bond motifs is 1. The van der Waals surface area contributed by atoms with Gasteiger partial charge in [-0.2, -0.15) is 23.5 Å². The molecule has 3 heterocycles. The lowest BCUT2D eigenvalue weighted by atomic mass is 9.96. The maximum Gasteiger partial charge on any atom is 0.419 e. The standard InChI is InChI=1S/C32H28F7N7O4/c1-29(2,3)50-28(48)42-23-11-31(35,36)20-10-22(34)19(25-43-44-27(49-25)30(4,5)15-40)9-24(20)45(26(23)47)13-16-6-7-18(8-21(16)33)46-14-17(12-41-46)32(37,38)39/h6-10,12,14,23H,11,13H2,1-5H3,(H,42,48)/t23-/m0/s1. The van der Waals surface area contributed by atoms with Crippen LogP contribution in [0, 0.1) is 23.0 Å². The number of nitriles is 1. The van der Waals surface area contributed by atoms with Gasteiger partial charge in [0, 0.05) is 23.7 Å². The minimum Gasteiger partial charge on any atom is -0.444 e. The Morgan fingerprint density at radius 1 is 1.10 bits per heavy atom. The van der Waals surface area contributed by atoms with Crippen molar-refractivity contribution in [3.05, 3.63) is 76.9 Å². The normalized spacial score (nSPS) is 16.4. The fraction of sp³-hybridized carbons (Fsp3) is 0.375. The molecule has 264 valence electrons. The number of nitrogens with one attached hydrogen (secondary N) is 1. The fourth-order valence-corrected chi connectivity index (χ4v) is 4.95. The number of hydrogen-bond donors (Lipinski definition) is 1. The maximum atomic E-state index is 15.9. The van der Waals surface area contributed by atoms with Crippen LogP contribution in [-0.4, -0.2) is 43.6 Å². The van der Waals surface area contributed by atoms with Crippen molar-refractivity contribution in [2.45, 2.75) is 76.7 Å². The molecule has 50 heavy (non-hydrogen) atoms. The zero-order valence-corrected chi connectivity index (χ0v) is 27.0. The van der Waals surface area contributed by atoms with Crippen LogP contribution in [0.1, 0.15) is 63.6 Å². The molecule has 0 radical (unpaired) electrons. The molecule has 11 nitrogen and oxygen atoms in total. The molecular formula is C32H28F7N7O4. The highest BCUT2D eigenvalue weighted by molar-refractivity contribution is 6.00. The Kier molecular flexibility index (Phi) is 8.92. The average Bonchev–Trinajstić information content (AvgIpc) is 3.69. The molecule has 1 N–H and O–H groups in total. The molecule has 2 aromatic carbocycles. The van der Waals surface area contributed by atoms with Gasteiger partial charge in [0.05, 0.1) is 41.3 Å². The number of halogens is 7. The number of rotatable bonds is 6. The summed E-state index contributed by atoms with van der Waals surface area (Å²) in [5, 5.41) is 22.6. The molecular weight excluding hydrogens is 679 g/mol. The lowest BCUT2D eigenvalue weighted by molar-refractivity contribution is -0.137. The van der Waals surface area contributed by atoms with Gasteiger partial charge < -0.3 is 19.4 Å². The minimum absolute atomic E-state index is 0.128. The molecule has 4 aromatic rings. The molecule has 0 unspecified atom stereocenters. The van der Waals surface area contributed by atoms with Crippen LogP contribution in [0.3, 0.4) is 0 Å². The summed E-state index contributed by atoms with van der Waals surface area (Å²) in [6, 6.07) is 4.37. The summed E-state index contributed by atoms with van der Waals surface area (Å²) in [5.41, 5.74) is -6.03. The number of nitrogens with zero attached hydrogens (tertiary/aromatic N) is 6. The van der Waals surface area contributed by atoms with E-state index in [0.29, 0.717) is 23.4 Å². The van der Waals surface area contributed by atoms with Crippen molar-refractivity contribution in [3.8, 4) is 23.2 Å². The molecule has 1 aliphatic heterocycles. The minimum atomic E-state index is -4.71. The van der Waals surface area contributed by atoms with Crippen LogP contribution >= 0.6 is 0 Å². The summed E-state index contributed by atoms with van der Waals surface area (Å²) in [7, 11) is 0. The van der Waals surface area contributed by atoms with Gasteiger partial charge in [0.2, 0.25) is 11.8 Å².